The number of carbonyl (C=O) groups is 1. The number of hydrogen-bond donors (Lipinski definition) is 1. The second-order valence-electron chi connectivity index (χ2n) is 6.37. The number of methoxy groups -OCH3 is 1. The van der Waals surface area contributed by atoms with E-state index < -0.39 is 0 Å². The van der Waals surface area contributed by atoms with Gasteiger partial charge in [-0.3, -0.25) is 10.1 Å². The zero-order chi connectivity index (χ0) is 19.5. The van der Waals surface area contributed by atoms with E-state index >= 15 is 0 Å². The van der Waals surface area contributed by atoms with Crippen molar-refractivity contribution in [2.75, 3.05) is 25.6 Å². The highest BCUT2D eigenvalue weighted by Crippen LogP contribution is 2.31. The summed E-state index contributed by atoms with van der Waals surface area (Å²) in [5, 5.41) is 3.47. The molecule has 0 aliphatic carbocycles. The number of rotatable bonds is 5. The molecule has 0 spiro atoms. The molecule has 0 bridgehead atoms. The third kappa shape index (κ3) is 3.94. The monoisotopic (exact) mass is 396 g/mol. The van der Waals surface area contributed by atoms with Crippen molar-refractivity contribution in [3.05, 3.63) is 64.2 Å². The Morgan fingerprint density at radius 2 is 1.89 bits per heavy atom. The topological polar surface area (TPSA) is 69.7 Å². The molecule has 6 nitrogen and oxygen atoms in total. The first-order valence-corrected chi connectivity index (χ1v) is 9.74. The first-order chi connectivity index (χ1) is 13.6. The fourth-order valence-corrected chi connectivity index (χ4v) is 3.92. The number of carbonyl (C=O) groups excluding carboxylic acids is 1. The molecule has 144 valence electrons. The van der Waals surface area contributed by atoms with Crippen LogP contribution in [0.15, 0.2) is 42.5 Å². The lowest BCUT2D eigenvalue weighted by Gasteiger charge is -2.18. The van der Waals surface area contributed by atoms with Gasteiger partial charge >= 0.3 is 0 Å². The average Bonchev–Trinajstić information content (AvgIpc) is 3.06. The minimum Gasteiger partial charge on any atom is -0.497 e. The van der Waals surface area contributed by atoms with E-state index in [0.29, 0.717) is 35.4 Å². The van der Waals surface area contributed by atoms with Gasteiger partial charge in [0.05, 0.1) is 12.8 Å². The van der Waals surface area contributed by atoms with E-state index in [1.54, 1.807) is 25.3 Å². The fourth-order valence-electron chi connectivity index (χ4n) is 2.93. The smallest absolute Gasteiger partial charge is 0.257 e. The van der Waals surface area contributed by atoms with E-state index in [4.69, 9.17) is 14.2 Å². The van der Waals surface area contributed by atoms with E-state index in [1.807, 2.05) is 31.2 Å². The molecule has 2 aromatic carbocycles. The van der Waals surface area contributed by atoms with Gasteiger partial charge in [0.2, 0.25) is 0 Å². The highest BCUT2D eigenvalue weighted by molar-refractivity contribution is 7.15. The molecule has 1 N–H and O–H groups in total. The van der Waals surface area contributed by atoms with Crippen LogP contribution in [0.4, 0.5) is 5.13 Å². The minimum atomic E-state index is -0.221. The van der Waals surface area contributed by atoms with Crippen LogP contribution in [0.5, 0.6) is 17.2 Å². The molecule has 0 saturated heterocycles. The number of nitrogens with one attached hydrogen (secondary N) is 1. The first kappa shape index (κ1) is 18.3. The van der Waals surface area contributed by atoms with Crippen molar-refractivity contribution in [1.29, 1.82) is 0 Å². The maximum Gasteiger partial charge on any atom is 0.257 e. The minimum absolute atomic E-state index is 0.221. The predicted molar refractivity (Wildman–Crippen MR) is 108 cm³/mol. The van der Waals surface area contributed by atoms with Crippen LogP contribution in [0, 0.1) is 6.92 Å². The lowest BCUT2D eigenvalue weighted by Crippen LogP contribution is -2.17. The number of hydrogen-bond acceptors (Lipinski definition) is 6. The molecule has 1 aliphatic rings. The maximum absolute atomic E-state index is 12.6. The van der Waals surface area contributed by atoms with Gasteiger partial charge in [-0.25, -0.2) is 4.98 Å². The van der Waals surface area contributed by atoms with Crippen LogP contribution < -0.4 is 19.5 Å². The Hall–Kier alpha value is -3.06. The maximum atomic E-state index is 12.6. The van der Waals surface area contributed by atoms with Gasteiger partial charge < -0.3 is 14.2 Å². The van der Waals surface area contributed by atoms with E-state index in [9.17, 15) is 4.79 Å². The SMILES string of the molecule is COc1ccc(Cc2sc(NC(=O)c3ccc4c(c3)OCCO4)nc2C)cc1. The molecule has 4 rings (SSSR count). The van der Waals surface area contributed by atoms with Crippen molar-refractivity contribution in [1.82, 2.24) is 4.98 Å². The Bertz CT molecular complexity index is 998. The molecule has 0 radical (unpaired) electrons. The van der Waals surface area contributed by atoms with Crippen molar-refractivity contribution < 1.29 is 19.0 Å². The molecule has 0 fully saturated rings. The number of thiazole rings is 1. The van der Waals surface area contributed by atoms with Crippen molar-refractivity contribution in [2.24, 2.45) is 0 Å². The van der Waals surface area contributed by atoms with Crippen molar-refractivity contribution in [2.45, 2.75) is 13.3 Å². The molecule has 0 saturated carbocycles. The number of benzene rings is 2. The van der Waals surface area contributed by atoms with Gasteiger partial charge in [-0.05, 0) is 42.8 Å². The second-order valence-corrected chi connectivity index (χ2v) is 7.45. The molecule has 1 aliphatic heterocycles. The number of aromatic nitrogens is 1. The summed E-state index contributed by atoms with van der Waals surface area (Å²) in [5.74, 6) is 1.86. The lowest BCUT2D eigenvalue weighted by molar-refractivity contribution is 0.102. The fraction of sp³-hybridized carbons (Fsp3) is 0.238. The Morgan fingerprint density at radius 1 is 1.14 bits per heavy atom. The van der Waals surface area contributed by atoms with Crippen LogP contribution in [-0.2, 0) is 6.42 Å². The van der Waals surface area contributed by atoms with E-state index in [2.05, 4.69) is 10.3 Å². The number of anilines is 1. The standard InChI is InChI=1S/C21H20N2O4S/c1-13-19(11-14-3-6-16(25-2)7-4-14)28-21(22-13)23-20(24)15-5-8-17-18(12-15)27-10-9-26-17/h3-8,12H,9-11H2,1-2H3,(H,22,23,24). The molecule has 3 aromatic rings. The second kappa shape index (κ2) is 7.90. The average molecular weight is 396 g/mol. The van der Waals surface area contributed by atoms with Crippen LogP contribution in [0.3, 0.4) is 0 Å². The number of nitrogens with zero attached hydrogens (tertiary/aromatic N) is 1. The van der Waals surface area contributed by atoms with Gasteiger partial charge in [0, 0.05) is 16.9 Å². The quantitative estimate of drug-likeness (QED) is 0.704. The summed E-state index contributed by atoms with van der Waals surface area (Å²) in [6.45, 7) is 2.96. The molecule has 28 heavy (non-hydrogen) atoms. The van der Waals surface area contributed by atoms with Crippen molar-refractivity contribution >= 4 is 22.4 Å². The van der Waals surface area contributed by atoms with E-state index in [1.165, 1.54) is 11.3 Å². The summed E-state index contributed by atoms with van der Waals surface area (Å²) >= 11 is 1.49. The van der Waals surface area contributed by atoms with Crippen LogP contribution in [0.25, 0.3) is 0 Å². The molecule has 0 unspecified atom stereocenters. The summed E-state index contributed by atoms with van der Waals surface area (Å²) < 4.78 is 16.2. The zero-order valence-corrected chi connectivity index (χ0v) is 16.5. The molecule has 0 atom stereocenters. The summed E-state index contributed by atoms with van der Waals surface area (Å²) in [5.41, 5.74) is 2.59. The van der Waals surface area contributed by atoms with Gasteiger partial charge in [-0.1, -0.05) is 12.1 Å². The van der Waals surface area contributed by atoms with Crippen LogP contribution in [0.2, 0.25) is 0 Å². The Labute approximate surface area is 167 Å². The predicted octanol–water partition coefficient (Wildman–Crippen LogP) is 4.07. The van der Waals surface area contributed by atoms with Crippen molar-refractivity contribution in [3.63, 3.8) is 0 Å². The van der Waals surface area contributed by atoms with E-state index in [-0.39, 0.29) is 5.91 Å². The largest absolute Gasteiger partial charge is 0.497 e. The third-order valence-electron chi connectivity index (χ3n) is 4.44. The number of ether oxygens (including phenoxy) is 3. The number of amides is 1. The third-order valence-corrected chi connectivity index (χ3v) is 5.51. The van der Waals surface area contributed by atoms with Crippen LogP contribution >= 0.6 is 11.3 Å². The van der Waals surface area contributed by atoms with Gasteiger partial charge in [-0.2, -0.15) is 0 Å². The van der Waals surface area contributed by atoms with Crippen molar-refractivity contribution in [3.8, 4) is 17.2 Å². The Morgan fingerprint density at radius 3 is 2.64 bits per heavy atom. The molecule has 1 amide bonds. The van der Waals surface area contributed by atoms with Gasteiger partial charge in [-0.15, -0.1) is 11.3 Å². The highest BCUT2D eigenvalue weighted by atomic mass is 32.1. The normalized spacial score (nSPS) is 12.5. The van der Waals surface area contributed by atoms with E-state index in [0.717, 1.165) is 28.3 Å². The summed E-state index contributed by atoms with van der Waals surface area (Å²) in [4.78, 5) is 18.2. The molecule has 2 heterocycles. The molecule has 1 aromatic heterocycles. The molecular formula is C21H20N2O4S. The van der Waals surface area contributed by atoms with Gasteiger partial charge in [0.1, 0.15) is 19.0 Å². The molecular weight excluding hydrogens is 376 g/mol. The summed E-state index contributed by atoms with van der Waals surface area (Å²) in [7, 11) is 1.65. The van der Waals surface area contributed by atoms with Gasteiger partial charge in [0.15, 0.2) is 16.6 Å². The Kier molecular flexibility index (Phi) is 5.16. The number of aryl methyl sites for hydroxylation is 1. The van der Waals surface area contributed by atoms with Crippen LogP contribution in [0.1, 0.15) is 26.5 Å². The molecule has 7 heteroatoms. The highest BCUT2D eigenvalue weighted by Gasteiger charge is 2.17. The van der Waals surface area contributed by atoms with Gasteiger partial charge in [0.25, 0.3) is 5.91 Å². The summed E-state index contributed by atoms with van der Waals surface area (Å²) in [6.07, 6.45) is 0.757. The zero-order valence-electron chi connectivity index (χ0n) is 15.7. The van der Waals surface area contributed by atoms with Crippen LogP contribution in [-0.4, -0.2) is 31.2 Å². The summed E-state index contributed by atoms with van der Waals surface area (Å²) in [6, 6.07) is 13.1. The lowest BCUT2D eigenvalue weighted by atomic mass is 10.1. The number of fused-ring (bicyclic) bond motifs is 1. The Balaban J connectivity index is 1.46. The first-order valence-electron chi connectivity index (χ1n) is 8.92.